The van der Waals surface area contributed by atoms with Crippen molar-refractivity contribution in [3.05, 3.63) is 11.6 Å². The summed E-state index contributed by atoms with van der Waals surface area (Å²) < 4.78 is 27.1. The maximum Gasteiger partial charge on any atom is 0.340 e. The van der Waals surface area contributed by atoms with Crippen molar-refractivity contribution in [1.82, 2.24) is 0 Å². The van der Waals surface area contributed by atoms with E-state index in [1.165, 1.54) is 33.8 Å². The Morgan fingerprint density at radius 3 is 2.00 bits per heavy atom. The van der Waals surface area contributed by atoms with Crippen LogP contribution in [-0.4, -0.2) is 41.6 Å². The first-order chi connectivity index (χ1) is 8.23. The molecule has 0 amide bonds. The molecule has 0 radical (unpaired) electrons. The predicted octanol–water partition coefficient (Wildman–Crippen LogP) is 0.279. The van der Waals surface area contributed by atoms with E-state index < -0.39 is 33.0 Å². The summed E-state index contributed by atoms with van der Waals surface area (Å²) in [4.78, 5) is 14.4. The molecule has 0 atom stereocenters. The number of rotatable bonds is 6. The molecular weight excluding hydrogens is 276 g/mol. The highest BCUT2D eigenvalue weighted by molar-refractivity contribution is 7.86. The van der Waals surface area contributed by atoms with E-state index in [1.54, 1.807) is 0 Å². The van der Waals surface area contributed by atoms with Gasteiger partial charge in [0.25, 0.3) is 0 Å². The quantitative estimate of drug-likeness (QED) is 0.411. The molecule has 2 N–H and O–H groups in total. The summed E-state index contributed by atoms with van der Waals surface area (Å²) in [6, 6.07) is 0. The van der Waals surface area contributed by atoms with Crippen molar-refractivity contribution in [2.75, 3.05) is 5.75 Å². The van der Waals surface area contributed by atoms with Crippen LogP contribution in [0.4, 0.5) is 0 Å². The van der Waals surface area contributed by atoms with Crippen molar-refractivity contribution in [3.8, 4) is 0 Å². The number of hydrogen-bond donors (Lipinski definition) is 2. The molecule has 7 nitrogen and oxygen atoms in total. The van der Waals surface area contributed by atoms with Crippen molar-refractivity contribution < 1.29 is 32.6 Å². The van der Waals surface area contributed by atoms with Crippen LogP contribution in [0.1, 0.15) is 34.6 Å². The summed E-state index contributed by atoms with van der Waals surface area (Å²) in [6.45, 7) is 6.58. The lowest BCUT2D eigenvalue weighted by Crippen LogP contribution is -2.31. The summed E-state index contributed by atoms with van der Waals surface area (Å²) in [5, 5.41) is 19.5. The molecule has 8 heteroatoms. The second-order valence-electron chi connectivity index (χ2n) is 5.23. The Kier molecular flexibility index (Phi) is 5.69. The number of carbonyl (C=O) groups excluding carboxylic acids is 1. The van der Waals surface area contributed by atoms with Crippen molar-refractivity contribution in [2.24, 2.45) is 0 Å². The van der Waals surface area contributed by atoms with E-state index in [0.717, 1.165) is 6.92 Å². The first kappa shape index (κ1) is 18.0. The van der Waals surface area contributed by atoms with Crippen LogP contribution in [0.2, 0.25) is 0 Å². The Bertz CT molecular complexity index is 448. The van der Waals surface area contributed by atoms with Crippen molar-refractivity contribution in [3.63, 3.8) is 0 Å². The third kappa shape index (κ3) is 8.71. The van der Waals surface area contributed by atoms with Crippen molar-refractivity contribution in [2.45, 2.75) is 45.8 Å². The molecule has 19 heavy (non-hydrogen) atoms. The van der Waals surface area contributed by atoms with Gasteiger partial charge in [-0.3, -0.25) is 4.89 Å². The minimum absolute atomic E-state index is 0.0205. The van der Waals surface area contributed by atoms with Gasteiger partial charge < -0.3 is 10.2 Å². The van der Waals surface area contributed by atoms with Crippen LogP contribution >= 0.6 is 0 Å². The van der Waals surface area contributed by atoms with Crippen LogP contribution in [0.5, 0.6) is 0 Å². The molecule has 0 aromatic rings. The van der Waals surface area contributed by atoms with Crippen molar-refractivity contribution >= 4 is 16.1 Å². The topological polar surface area (TPSA) is 110 Å². The average molecular weight is 296 g/mol. The summed E-state index contributed by atoms with van der Waals surface area (Å²) in [5.41, 5.74) is -2.77. The molecule has 0 aliphatic carbocycles. The predicted molar refractivity (Wildman–Crippen MR) is 67.3 cm³/mol. The molecule has 0 aromatic carbocycles. The normalized spacial score (nSPS) is 14.4. The molecule has 112 valence electrons. The molecule has 0 bridgehead atoms. The van der Waals surface area contributed by atoms with E-state index in [4.69, 9.17) is 0 Å². The molecule has 0 saturated carbocycles. The molecule has 0 saturated heterocycles. The maximum atomic E-state index is 11.5. The molecule has 0 aromatic heterocycles. The second kappa shape index (κ2) is 6.00. The zero-order chi connectivity index (χ0) is 15.5. The summed E-state index contributed by atoms with van der Waals surface area (Å²) in [5.74, 6) is -1.63. The Hall–Kier alpha value is -0.960. The number of aliphatic hydroxyl groups is 2. The zero-order valence-electron chi connectivity index (χ0n) is 11.6. The summed E-state index contributed by atoms with van der Waals surface area (Å²) in [6.07, 6.45) is 1.21. The molecule has 0 aliphatic heterocycles. The lowest BCUT2D eigenvalue weighted by molar-refractivity contribution is -0.208. The molecule has 0 fully saturated rings. The van der Waals surface area contributed by atoms with Crippen molar-refractivity contribution in [1.29, 1.82) is 0 Å². The minimum atomic E-state index is -4.21. The molecule has 0 rings (SSSR count). The fraction of sp³-hybridized carbons (Fsp3) is 0.727. The van der Waals surface area contributed by atoms with E-state index in [0.29, 0.717) is 0 Å². The van der Waals surface area contributed by atoms with Gasteiger partial charge in [0.2, 0.25) is 0 Å². The highest BCUT2D eigenvalue weighted by atomic mass is 32.2. The standard InChI is InChI=1S/C11H20O7S/c1-8(12)17-18-19(15,16)7-9(11(4,5)14)6-10(2,3)13/h6,13-14H,7H2,1-5H3/b9-6-. The van der Waals surface area contributed by atoms with Crippen LogP contribution < -0.4 is 0 Å². The SMILES string of the molecule is CC(=O)OOS(=O)(=O)C/C(=C/C(C)(C)O)C(C)(C)O. The van der Waals surface area contributed by atoms with Gasteiger partial charge in [-0.05, 0) is 33.3 Å². The van der Waals surface area contributed by atoms with Gasteiger partial charge in [-0.25, -0.2) is 4.79 Å². The number of carbonyl (C=O) groups is 1. The Morgan fingerprint density at radius 1 is 1.21 bits per heavy atom. The molecular formula is C11H20O7S. The monoisotopic (exact) mass is 296 g/mol. The first-order valence-corrected chi connectivity index (χ1v) is 7.07. The van der Waals surface area contributed by atoms with Crippen LogP contribution in [0, 0.1) is 0 Å². The van der Waals surface area contributed by atoms with E-state index in [1.807, 2.05) is 0 Å². The fourth-order valence-corrected chi connectivity index (χ4v) is 2.20. The van der Waals surface area contributed by atoms with E-state index >= 15 is 0 Å². The van der Waals surface area contributed by atoms with E-state index in [9.17, 15) is 23.4 Å². The van der Waals surface area contributed by atoms with Gasteiger partial charge in [0.05, 0.1) is 11.2 Å². The van der Waals surface area contributed by atoms with E-state index in [2.05, 4.69) is 9.22 Å². The average Bonchev–Trinajstić information content (AvgIpc) is 2.10. The lowest BCUT2D eigenvalue weighted by Gasteiger charge is -2.24. The van der Waals surface area contributed by atoms with Gasteiger partial charge in [-0.15, -0.1) is 0 Å². The second-order valence-corrected chi connectivity index (χ2v) is 6.77. The largest absolute Gasteiger partial charge is 0.386 e. The molecule has 0 heterocycles. The van der Waals surface area contributed by atoms with Crippen LogP contribution in [0.3, 0.4) is 0 Å². The molecule has 0 aliphatic rings. The Labute approximate surface area is 112 Å². The van der Waals surface area contributed by atoms with Crippen LogP contribution in [0.25, 0.3) is 0 Å². The van der Waals surface area contributed by atoms with Crippen LogP contribution in [0.15, 0.2) is 11.6 Å². The third-order valence-electron chi connectivity index (χ3n) is 1.90. The van der Waals surface area contributed by atoms with Gasteiger partial charge in [0, 0.05) is 6.92 Å². The van der Waals surface area contributed by atoms with Gasteiger partial charge in [0.15, 0.2) is 0 Å². The highest BCUT2D eigenvalue weighted by Crippen LogP contribution is 2.21. The lowest BCUT2D eigenvalue weighted by atomic mass is 9.95. The van der Waals surface area contributed by atoms with Gasteiger partial charge in [0.1, 0.15) is 5.75 Å². The summed E-state index contributed by atoms with van der Waals surface area (Å²) >= 11 is 0. The smallest absolute Gasteiger partial charge is 0.340 e. The highest BCUT2D eigenvalue weighted by Gasteiger charge is 2.28. The molecule has 0 spiro atoms. The van der Waals surface area contributed by atoms with Gasteiger partial charge in [-0.1, -0.05) is 10.4 Å². The molecule has 0 unspecified atom stereocenters. The van der Waals surface area contributed by atoms with Gasteiger partial charge in [-0.2, -0.15) is 8.42 Å². The van der Waals surface area contributed by atoms with Crippen LogP contribution in [-0.2, 0) is 24.1 Å². The first-order valence-electron chi connectivity index (χ1n) is 5.49. The minimum Gasteiger partial charge on any atom is -0.386 e. The Balaban J connectivity index is 5.16. The fourth-order valence-electron chi connectivity index (χ4n) is 1.14. The third-order valence-corrected chi connectivity index (χ3v) is 2.84. The zero-order valence-corrected chi connectivity index (χ0v) is 12.4. The van der Waals surface area contributed by atoms with Gasteiger partial charge >= 0.3 is 16.1 Å². The maximum absolute atomic E-state index is 11.5. The number of hydrogen-bond acceptors (Lipinski definition) is 7. The summed E-state index contributed by atoms with van der Waals surface area (Å²) in [7, 11) is -4.21. The van der Waals surface area contributed by atoms with E-state index in [-0.39, 0.29) is 5.57 Å². The Morgan fingerprint density at radius 2 is 1.68 bits per heavy atom.